The highest BCUT2D eigenvalue weighted by molar-refractivity contribution is 5.75. The minimum Gasteiger partial charge on any atom is -0.350 e. The van der Waals surface area contributed by atoms with Gasteiger partial charge in [-0.1, -0.05) is 0 Å². The lowest BCUT2D eigenvalue weighted by Crippen LogP contribution is -2.27. The van der Waals surface area contributed by atoms with E-state index in [1.807, 2.05) is 37.7 Å². The Balaban J connectivity index is 1.87. The van der Waals surface area contributed by atoms with E-state index in [4.69, 9.17) is 0 Å². The van der Waals surface area contributed by atoms with Crippen LogP contribution in [0.5, 0.6) is 0 Å². The monoisotopic (exact) mass is 261 g/mol. The third-order valence-corrected chi connectivity index (χ3v) is 2.93. The fourth-order valence-corrected chi connectivity index (χ4v) is 1.84. The van der Waals surface area contributed by atoms with E-state index < -0.39 is 0 Å². The zero-order valence-electron chi connectivity index (χ0n) is 11.6. The molecule has 0 unspecified atom stereocenters. The van der Waals surface area contributed by atoms with Crippen LogP contribution in [0.3, 0.4) is 0 Å². The lowest BCUT2D eigenvalue weighted by molar-refractivity contribution is -0.122. The first-order valence-electron chi connectivity index (χ1n) is 6.38. The minimum atomic E-state index is -0.0493. The van der Waals surface area contributed by atoms with E-state index in [0.717, 1.165) is 23.5 Å². The van der Waals surface area contributed by atoms with Gasteiger partial charge in [-0.25, -0.2) is 0 Å². The van der Waals surface area contributed by atoms with Crippen molar-refractivity contribution in [2.24, 2.45) is 0 Å². The molecule has 2 aromatic rings. The molecule has 0 spiro atoms. The van der Waals surface area contributed by atoms with Crippen LogP contribution in [0, 0.1) is 13.8 Å². The number of nitrogens with zero attached hydrogens (tertiary/aromatic N) is 4. The van der Waals surface area contributed by atoms with Gasteiger partial charge in [-0.3, -0.25) is 14.2 Å². The summed E-state index contributed by atoms with van der Waals surface area (Å²) in [6, 6.07) is 1.88. The Morgan fingerprint density at radius 1 is 1.32 bits per heavy atom. The van der Waals surface area contributed by atoms with Crippen LogP contribution in [0.25, 0.3) is 0 Å². The molecule has 0 aromatic carbocycles. The molecule has 2 rings (SSSR count). The average Bonchev–Trinajstić information content (AvgIpc) is 2.93. The maximum atomic E-state index is 11.8. The second-order valence-electron chi connectivity index (χ2n) is 4.53. The zero-order valence-corrected chi connectivity index (χ0v) is 11.6. The molecular formula is C13H19N5O. The normalized spacial score (nSPS) is 10.7. The van der Waals surface area contributed by atoms with E-state index in [1.165, 1.54) is 0 Å². The molecule has 2 aromatic heterocycles. The first-order chi connectivity index (χ1) is 9.08. The van der Waals surface area contributed by atoms with Crippen LogP contribution in [0.15, 0.2) is 18.5 Å². The van der Waals surface area contributed by atoms with Crippen molar-refractivity contribution in [3.63, 3.8) is 0 Å². The first-order valence-corrected chi connectivity index (χ1v) is 6.38. The fraction of sp³-hybridized carbons (Fsp3) is 0.462. The van der Waals surface area contributed by atoms with Crippen molar-refractivity contribution < 1.29 is 4.79 Å². The molecular weight excluding hydrogens is 242 g/mol. The van der Waals surface area contributed by atoms with Crippen molar-refractivity contribution >= 4 is 5.91 Å². The number of carbonyl (C=O) groups excluding carboxylic acids is 1. The third-order valence-electron chi connectivity index (χ3n) is 2.93. The number of carbonyl (C=O) groups is 1. The fourth-order valence-electron chi connectivity index (χ4n) is 1.84. The molecule has 0 radical (unpaired) electrons. The quantitative estimate of drug-likeness (QED) is 0.874. The van der Waals surface area contributed by atoms with Crippen molar-refractivity contribution in [3.8, 4) is 0 Å². The molecule has 6 nitrogen and oxygen atoms in total. The van der Waals surface area contributed by atoms with Crippen LogP contribution in [0.4, 0.5) is 0 Å². The summed E-state index contributed by atoms with van der Waals surface area (Å²) in [5.41, 5.74) is 2.91. The summed E-state index contributed by atoms with van der Waals surface area (Å²) in [6.45, 7) is 7.47. The van der Waals surface area contributed by atoms with Crippen molar-refractivity contribution in [2.45, 2.75) is 40.4 Å². The largest absolute Gasteiger partial charge is 0.350 e. The summed E-state index contributed by atoms with van der Waals surface area (Å²) in [5, 5.41) is 11.4. The molecule has 0 saturated heterocycles. The maximum Gasteiger partial charge on any atom is 0.241 e. The summed E-state index contributed by atoms with van der Waals surface area (Å²) in [6.07, 6.45) is 3.77. The summed E-state index contributed by atoms with van der Waals surface area (Å²) >= 11 is 0. The minimum absolute atomic E-state index is 0.0493. The van der Waals surface area contributed by atoms with Gasteiger partial charge in [-0.2, -0.15) is 10.2 Å². The van der Waals surface area contributed by atoms with Gasteiger partial charge in [0.25, 0.3) is 0 Å². The predicted molar refractivity (Wildman–Crippen MR) is 71.4 cm³/mol. The number of rotatable bonds is 5. The molecule has 1 amide bonds. The van der Waals surface area contributed by atoms with Gasteiger partial charge in [0.05, 0.1) is 11.4 Å². The van der Waals surface area contributed by atoms with Crippen molar-refractivity contribution in [1.29, 1.82) is 0 Å². The van der Waals surface area contributed by atoms with Crippen LogP contribution in [-0.4, -0.2) is 25.5 Å². The highest BCUT2D eigenvalue weighted by Gasteiger charge is 2.07. The highest BCUT2D eigenvalue weighted by Crippen LogP contribution is 2.05. The highest BCUT2D eigenvalue weighted by atomic mass is 16.2. The number of aryl methyl sites for hydroxylation is 3. The van der Waals surface area contributed by atoms with Crippen molar-refractivity contribution in [3.05, 3.63) is 35.4 Å². The Labute approximate surface area is 112 Å². The zero-order chi connectivity index (χ0) is 13.8. The molecule has 0 aliphatic heterocycles. The number of hydrogen-bond donors (Lipinski definition) is 1. The molecule has 2 heterocycles. The van der Waals surface area contributed by atoms with Gasteiger partial charge in [0.2, 0.25) is 5.91 Å². The molecule has 6 heteroatoms. The van der Waals surface area contributed by atoms with Crippen LogP contribution in [-0.2, 0) is 24.4 Å². The standard InChI is InChI=1S/C13H19N5O/c1-4-17-8-12(11(3)16-17)7-14-13(19)9-18-6-5-10(2)15-18/h5-6,8H,4,7,9H2,1-3H3,(H,14,19). The van der Waals surface area contributed by atoms with E-state index in [-0.39, 0.29) is 12.5 Å². The molecule has 0 aliphatic carbocycles. The first kappa shape index (κ1) is 13.3. The number of hydrogen-bond acceptors (Lipinski definition) is 3. The SMILES string of the molecule is CCn1cc(CNC(=O)Cn2ccc(C)n2)c(C)n1. The summed E-state index contributed by atoms with van der Waals surface area (Å²) in [4.78, 5) is 11.8. The Morgan fingerprint density at radius 3 is 2.68 bits per heavy atom. The van der Waals surface area contributed by atoms with Gasteiger partial charge in [-0.15, -0.1) is 0 Å². The Morgan fingerprint density at radius 2 is 2.11 bits per heavy atom. The molecule has 19 heavy (non-hydrogen) atoms. The van der Waals surface area contributed by atoms with Gasteiger partial charge >= 0.3 is 0 Å². The van der Waals surface area contributed by atoms with E-state index in [9.17, 15) is 4.79 Å². The molecule has 1 N–H and O–H groups in total. The van der Waals surface area contributed by atoms with Crippen LogP contribution < -0.4 is 5.32 Å². The predicted octanol–water partition coefficient (Wildman–Crippen LogP) is 1.03. The molecule has 102 valence electrons. The molecule has 0 bridgehead atoms. The summed E-state index contributed by atoms with van der Waals surface area (Å²) in [7, 11) is 0. The van der Waals surface area contributed by atoms with E-state index in [0.29, 0.717) is 6.54 Å². The molecule has 0 atom stereocenters. The van der Waals surface area contributed by atoms with Gasteiger partial charge in [0.15, 0.2) is 0 Å². The lowest BCUT2D eigenvalue weighted by Gasteiger charge is -2.04. The topological polar surface area (TPSA) is 64.7 Å². The Kier molecular flexibility index (Phi) is 3.99. The average molecular weight is 261 g/mol. The maximum absolute atomic E-state index is 11.8. The summed E-state index contributed by atoms with van der Waals surface area (Å²) < 4.78 is 3.50. The second kappa shape index (κ2) is 5.69. The summed E-state index contributed by atoms with van der Waals surface area (Å²) in [5.74, 6) is -0.0493. The van der Waals surface area contributed by atoms with Crippen LogP contribution in [0.1, 0.15) is 23.9 Å². The smallest absolute Gasteiger partial charge is 0.241 e. The van der Waals surface area contributed by atoms with E-state index in [1.54, 1.807) is 10.9 Å². The van der Waals surface area contributed by atoms with E-state index in [2.05, 4.69) is 15.5 Å². The van der Waals surface area contributed by atoms with Gasteiger partial charge in [0.1, 0.15) is 6.54 Å². The molecule has 0 fully saturated rings. The number of nitrogens with one attached hydrogen (secondary N) is 1. The second-order valence-corrected chi connectivity index (χ2v) is 4.53. The molecule has 0 aliphatic rings. The van der Waals surface area contributed by atoms with E-state index >= 15 is 0 Å². The van der Waals surface area contributed by atoms with Crippen LogP contribution >= 0.6 is 0 Å². The third kappa shape index (κ3) is 3.43. The van der Waals surface area contributed by atoms with Crippen molar-refractivity contribution in [2.75, 3.05) is 0 Å². The van der Waals surface area contributed by atoms with Crippen molar-refractivity contribution in [1.82, 2.24) is 24.9 Å². The number of aromatic nitrogens is 4. The Bertz CT molecular complexity index is 569. The van der Waals surface area contributed by atoms with Gasteiger partial charge in [-0.05, 0) is 26.8 Å². The van der Waals surface area contributed by atoms with Gasteiger partial charge in [0, 0.05) is 31.0 Å². The van der Waals surface area contributed by atoms with Gasteiger partial charge < -0.3 is 5.32 Å². The number of amides is 1. The Hall–Kier alpha value is -2.11. The molecule has 0 saturated carbocycles. The lowest BCUT2D eigenvalue weighted by atomic mass is 10.2. The van der Waals surface area contributed by atoms with Crippen LogP contribution in [0.2, 0.25) is 0 Å².